The maximum absolute atomic E-state index is 12.9. The summed E-state index contributed by atoms with van der Waals surface area (Å²) in [7, 11) is -3.10. The first-order valence-corrected chi connectivity index (χ1v) is 11.0. The van der Waals surface area contributed by atoms with E-state index in [1.807, 2.05) is 37.3 Å². The standard InChI is InChI=1S/C20H22ClNO4S/c1-15-3-2-4-19(11-15)26-13-20(23)22(18-9-10-27(24,25)14-18)12-16-5-7-17(21)8-6-16/h2-8,11,18H,9-10,12-14H2,1H3. The molecule has 1 atom stereocenters. The van der Waals surface area contributed by atoms with Gasteiger partial charge in [-0.2, -0.15) is 0 Å². The van der Waals surface area contributed by atoms with E-state index in [1.54, 1.807) is 23.1 Å². The van der Waals surface area contributed by atoms with Gasteiger partial charge in [-0.3, -0.25) is 4.79 Å². The van der Waals surface area contributed by atoms with E-state index >= 15 is 0 Å². The van der Waals surface area contributed by atoms with Gasteiger partial charge in [-0.1, -0.05) is 35.9 Å². The number of rotatable bonds is 6. The largest absolute Gasteiger partial charge is 0.484 e. The molecule has 1 aliphatic heterocycles. The molecular weight excluding hydrogens is 386 g/mol. The van der Waals surface area contributed by atoms with Crippen LogP contribution in [0.15, 0.2) is 48.5 Å². The van der Waals surface area contributed by atoms with Gasteiger partial charge in [-0.15, -0.1) is 0 Å². The van der Waals surface area contributed by atoms with Crippen LogP contribution < -0.4 is 4.74 Å². The van der Waals surface area contributed by atoms with E-state index in [-0.39, 0.29) is 30.1 Å². The average molecular weight is 408 g/mol. The van der Waals surface area contributed by atoms with Crippen molar-refractivity contribution in [2.24, 2.45) is 0 Å². The van der Waals surface area contributed by atoms with E-state index in [9.17, 15) is 13.2 Å². The van der Waals surface area contributed by atoms with Crippen molar-refractivity contribution in [3.8, 4) is 5.75 Å². The van der Waals surface area contributed by atoms with Crippen molar-refractivity contribution in [2.75, 3.05) is 18.1 Å². The van der Waals surface area contributed by atoms with Crippen LogP contribution >= 0.6 is 11.6 Å². The number of ether oxygens (including phenoxy) is 1. The third-order valence-corrected chi connectivity index (χ3v) is 6.59. The minimum absolute atomic E-state index is 0.00320. The molecule has 144 valence electrons. The number of nitrogens with zero attached hydrogens (tertiary/aromatic N) is 1. The second-order valence-corrected chi connectivity index (χ2v) is 9.48. The number of aryl methyl sites for hydroxylation is 1. The van der Waals surface area contributed by atoms with Gasteiger partial charge in [-0.05, 0) is 48.7 Å². The Morgan fingerprint density at radius 1 is 1.22 bits per heavy atom. The highest BCUT2D eigenvalue weighted by atomic mass is 35.5. The van der Waals surface area contributed by atoms with Crippen molar-refractivity contribution in [3.63, 3.8) is 0 Å². The molecule has 1 fully saturated rings. The summed E-state index contributed by atoms with van der Waals surface area (Å²) < 4.78 is 29.4. The number of amides is 1. The minimum atomic E-state index is -3.10. The second kappa shape index (κ2) is 8.31. The molecule has 2 aromatic carbocycles. The Balaban J connectivity index is 1.73. The quantitative estimate of drug-likeness (QED) is 0.737. The Bertz CT molecular complexity index is 912. The van der Waals surface area contributed by atoms with Crippen molar-refractivity contribution < 1.29 is 17.9 Å². The summed E-state index contributed by atoms with van der Waals surface area (Å²) >= 11 is 5.93. The summed E-state index contributed by atoms with van der Waals surface area (Å²) in [5.74, 6) is 0.500. The van der Waals surface area contributed by atoms with Crippen molar-refractivity contribution >= 4 is 27.3 Å². The van der Waals surface area contributed by atoms with Crippen LogP contribution in [0.5, 0.6) is 5.75 Å². The summed E-state index contributed by atoms with van der Waals surface area (Å²) in [6.07, 6.45) is 0.451. The molecule has 0 bridgehead atoms. The van der Waals surface area contributed by atoms with Gasteiger partial charge in [0, 0.05) is 17.6 Å². The first kappa shape index (κ1) is 19.7. The molecule has 0 N–H and O–H groups in total. The lowest BCUT2D eigenvalue weighted by Gasteiger charge is -2.28. The summed E-state index contributed by atoms with van der Waals surface area (Å²) in [5.41, 5.74) is 1.94. The molecule has 0 spiro atoms. The predicted molar refractivity (Wildman–Crippen MR) is 106 cm³/mol. The van der Waals surface area contributed by atoms with Crippen molar-refractivity contribution in [1.82, 2.24) is 4.90 Å². The number of carbonyl (C=O) groups excluding carboxylic acids is 1. The lowest BCUT2D eigenvalue weighted by Crippen LogP contribution is -2.43. The van der Waals surface area contributed by atoms with Crippen LogP contribution in [0.2, 0.25) is 5.02 Å². The van der Waals surface area contributed by atoms with Crippen LogP contribution in [0, 0.1) is 6.92 Å². The molecule has 1 unspecified atom stereocenters. The number of hydrogen-bond acceptors (Lipinski definition) is 4. The minimum Gasteiger partial charge on any atom is -0.484 e. The smallest absolute Gasteiger partial charge is 0.261 e. The average Bonchev–Trinajstić information content (AvgIpc) is 2.99. The molecule has 27 heavy (non-hydrogen) atoms. The van der Waals surface area contributed by atoms with E-state index in [2.05, 4.69) is 0 Å². The van der Waals surface area contributed by atoms with Gasteiger partial charge in [-0.25, -0.2) is 8.42 Å². The van der Waals surface area contributed by atoms with Crippen LogP contribution in [0.3, 0.4) is 0 Å². The molecule has 1 amide bonds. The monoisotopic (exact) mass is 407 g/mol. The van der Waals surface area contributed by atoms with Crippen molar-refractivity contribution in [3.05, 3.63) is 64.7 Å². The summed E-state index contributed by atoms with van der Waals surface area (Å²) in [6, 6.07) is 14.3. The zero-order valence-corrected chi connectivity index (χ0v) is 16.7. The normalized spacial score (nSPS) is 18.2. The van der Waals surface area contributed by atoms with E-state index in [1.165, 1.54) is 0 Å². The van der Waals surface area contributed by atoms with Crippen LogP contribution in [0.4, 0.5) is 0 Å². The molecule has 3 rings (SSSR count). The first-order chi connectivity index (χ1) is 12.8. The molecule has 1 saturated heterocycles. The van der Waals surface area contributed by atoms with Gasteiger partial charge in [0.25, 0.3) is 5.91 Å². The third kappa shape index (κ3) is 5.47. The topological polar surface area (TPSA) is 63.7 Å². The Kier molecular flexibility index (Phi) is 6.07. The Hall–Kier alpha value is -2.05. The highest BCUT2D eigenvalue weighted by molar-refractivity contribution is 7.91. The van der Waals surface area contributed by atoms with Crippen molar-refractivity contribution in [1.29, 1.82) is 0 Å². The number of halogens is 1. The molecule has 7 heteroatoms. The van der Waals surface area contributed by atoms with Crippen LogP contribution in [0.1, 0.15) is 17.5 Å². The van der Waals surface area contributed by atoms with Gasteiger partial charge in [0.05, 0.1) is 11.5 Å². The number of sulfone groups is 1. The Morgan fingerprint density at radius 3 is 2.59 bits per heavy atom. The second-order valence-electron chi connectivity index (χ2n) is 6.81. The Labute approximate surface area is 164 Å². The van der Waals surface area contributed by atoms with Crippen LogP contribution in [0.25, 0.3) is 0 Å². The molecule has 0 saturated carbocycles. The molecule has 1 heterocycles. The van der Waals surface area contributed by atoms with Crippen LogP contribution in [-0.4, -0.2) is 43.4 Å². The van der Waals surface area contributed by atoms with Gasteiger partial charge in [0.2, 0.25) is 0 Å². The fourth-order valence-electron chi connectivity index (χ4n) is 3.16. The van der Waals surface area contributed by atoms with Gasteiger partial charge in [0.1, 0.15) is 5.75 Å². The van der Waals surface area contributed by atoms with Crippen LogP contribution in [-0.2, 0) is 21.2 Å². The fraction of sp³-hybridized carbons (Fsp3) is 0.350. The highest BCUT2D eigenvalue weighted by Gasteiger charge is 2.34. The summed E-state index contributed by atoms with van der Waals surface area (Å²) in [4.78, 5) is 14.5. The van der Waals surface area contributed by atoms with E-state index in [4.69, 9.17) is 16.3 Å². The molecule has 0 aromatic heterocycles. The third-order valence-electron chi connectivity index (χ3n) is 4.59. The molecule has 5 nitrogen and oxygen atoms in total. The molecule has 1 aliphatic rings. The summed E-state index contributed by atoms with van der Waals surface area (Å²) in [6.45, 7) is 2.14. The number of carbonyl (C=O) groups is 1. The number of hydrogen-bond donors (Lipinski definition) is 0. The number of benzene rings is 2. The maximum Gasteiger partial charge on any atom is 0.261 e. The molecule has 0 radical (unpaired) electrons. The lowest BCUT2D eigenvalue weighted by molar-refractivity contribution is -0.136. The van der Waals surface area contributed by atoms with Gasteiger partial charge < -0.3 is 9.64 Å². The lowest BCUT2D eigenvalue weighted by atomic mass is 10.1. The maximum atomic E-state index is 12.9. The predicted octanol–water partition coefficient (Wildman–Crippen LogP) is 3.24. The Morgan fingerprint density at radius 2 is 1.96 bits per heavy atom. The molecular formula is C20H22ClNO4S. The van der Waals surface area contributed by atoms with Gasteiger partial charge in [0.15, 0.2) is 16.4 Å². The SMILES string of the molecule is Cc1cccc(OCC(=O)N(Cc2ccc(Cl)cc2)C2CCS(=O)(=O)C2)c1. The molecule has 0 aliphatic carbocycles. The highest BCUT2D eigenvalue weighted by Crippen LogP contribution is 2.22. The zero-order valence-electron chi connectivity index (χ0n) is 15.1. The zero-order chi connectivity index (χ0) is 19.4. The van der Waals surface area contributed by atoms with E-state index < -0.39 is 9.84 Å². The molecule has 2 aromatic rings. The van der Waals surface area contributed by atoms with Crippen molar-refractivity contribution in [2.45, 2.75) is 25.9 Å². The first-order valence-electron chi connectivity index (χ1n) is 8.76. The fourth-order valence-corrected chi connectivity index (χ4v) is 5.02. The van der Waals surface area contributed by atoms with E-state index in [0.717, 1.165) is 11.1 Å². The van der Waals surface area contributed by atoms with E-state index in [0.29, 0.717) is 23.7 Å². The van der Waals surface area contributed by atoms with Gasteiger partial charge >= 0.3 is 0 Å². The summed E-state index contributed by atoms with van der Waals surface area (Å²) in [5, 5.41) is 0.614.